The SMILES string of the molecule is C=CCc1c(O)c(C(=O)OCC)c(-c2ccccc2)c2c1OC(C)(C)OC2=O. The van der Waals surface area contributed by atoms with E-state index in [0.29, 0.717) is 5.56 Å². The number of carbonyl (C=O) groups excluding carboxylic acids is 2. The van der Waals surface area contributed by atoms with Crippen LogP contribution in [0, 0.1) is 0 Å². The van der Waals surface area contributed by atoms with Gasteiger partial charge in [0.05, 0.1) is 6.61 Å². The minimum atomic E-state index is -1.22. The summed E-state index contributed by atoms with van der Waals surface area (Å²) in [5, 5.41) is 11.0. The van der Waals surface area contributed by atoms with Crippen molar-refractivity contribution in [2.75, 3.05) is 6.61 Å². The number of ether oxygens (including phenoxy) is 3. The number of phenolic OH excluding ortho intramolecular Hbond substituents is 1. The summed E-state index contributed by atoms with van der Waals surface area (Å²) in [4.78, 5) is 25.7. The number of allylic oxidation sites excluding steroid dienone is 1. The van der Waals surface area contributed by atoms with Gasteiger partial charge >= 0.3 is 11.9 Å². The van der Waals surface area contributed by atoms with E-state index in [1.807, 2.05) is 6.07 Å². The number of cyclic esters (lactones) is 1. The van der Waals surface area contributed by atoms with Crippen LogP contribution in [0.2, 0.25) is 0 Å². The number of rotatable bonds is 5. The van der Waals surface area contributed by atoms with Crippen molar-refractivity contribution in [2.45, 2.75) is 33.0 Å². The van der Waals surface area contributed by atoms with Crippen LogP contribution in [0.4, 0.5) is 0 Å². The number of carbonyl (C=O) groups is 2. The smallest absolute Gasteiger partial charge is 0.345 e. The molecule has 0 aromatic heterocycles. The lowest BCUT2D eigenvalue weighted by Crippen LogP contribution is -2.40. The number of benzene rings is 2. The highest BCUT2D eigenvalue weighted by atomic mass is 16.7. The lowest BCUT2D eigenvalue weighted by Gasteiger charge is -2.34. The maximum Gasteiger partial charge on any atom is 0.345 e. The molecule has 0 saturated carbocycles. The second-order valence-electron chi connectivity index (χ2n) is 6.75. The highest BCUT2D eigenvalue weighted by Gasteiger charge is 2.41. The van der Waals surface area contributed by atoms with E-state index in [2.05, 4.69) is 6.58 Å². The topological polar surface area (TPSA) is 82.1 Å². The molecule has 6 heteroatoms. The first-order valence-electron chi connectivity index (χ1n) is 8.98. The molecule has 6 nitrogen and oxygen atoms in total. The minimum absolute atomic E-state index is 0.0863. The molecule has 0 fully saturated rings. The lowest BCUT2D eigenvalue weighted by molar-refractivity contribution is -0.127. The van der Waals surface area contributed by atoms with E-state index >= 15 is 0 Å². The van der Waals surface area contributed by atoms with Gasteiger partial charge in [-0.25, -0.2) is 9.59 Å². The number of phenols is 1. The van der Waals surface area contributed by atoms with Crippen molar-refractivity contribution in [1.29, 1.82) is 0 Å². The van der Waals surface area contributed by atoms with Gasteiger partial charge in [0.25, 0.3) is 0 Å². The fourth-order valence-corrected chi connectivity index (χ4v) is 3.24. The predicted octanol–water partition coefficient (Wildman–Crippen LogP) is 4.25. The van der Waals surface area contributed by atoms with Gasteiger partial charge < -0.3 is 19.3 Å². The second-order valence-corrected chi connectivity index (χ2v) is 6.75. The molecule has 146 valence electrons. The standard InChI is InChI=1S/C22H22O6/c1-5-10-14-18(23)16(20(24)26-6-2)15(13-11-8-7-9-12-13)17-19(14)27-22(3,4)28-21(17)25/h5,7-9,11-12,23H,1,6,10H2,2-4H3. The number of hydrogen-bond acceptors (Lipinski definition) is 6. The zero-order chi connectivity index (χ0) is 20.5. The molecule has 1 heterocycles. The Balaban J connectivity index is 2.45. The molecule has 2 aromatic rings. The number of esters is 2. The Hall–Kier alpha value is -3.28. The predicted molar refractivity (Wildman–Crippen MR) is 104 cm³/mol. The van der Waals surface area contributed by atoms with Crippen LogP contribution in [0.1, 0.15) is 47.1 Å². The van der Waals surface area contributed by atoms with Gasteiger partial charge in [0, 0.05) is 25.0 Å². The summed E-state index contributed by atoms with van der Waals surface area (Å²) in [6.45, 7) is 8.68. The van der Waals surface area contributed by atoms with Crippen LogP contribution in [0.3, 0.4) is 0 Å². The van der Waals surface area contributed by atoms with E-state index in [9.17, 15) is 14.7 Å². The Morgan fingerprint density at radius 3 is 2.50 bits per heavy atom. The van der Waals surface area contributed by atoms with Gasteiger partial charge in [-0.2, -0.15) is 0 Å². The third kappa shape index (κ3) is 3.33. The molecule has 0 bridgehead atoms. The van der Waals surface area contributed by atoms with Gasteiger partial charge in [-0.15, -0.1) is 6.58 Å². The molecule has 1 aliphatic heterocycles. The molecule has 0 saturated heterocycles. The highest BCUT2D eigenvalue weighted by molar-refractivity contribution is 6.10. The van der Waals surface area contributed by atoms with E-state index in [0.717, 1.165) is 0 Å². The summed E-state index contributed by atoms with van der Waals surface area (Å²) in [5.74, 6) is -2.69. The second kappa shape index (κ2) is 7.38. The Bertz CT molecular complexity index is 943. The summed E-state index contributed by atoms with van der Waals surface area (Å²) in [7, 11) is 0. The summed E-state index contributed by atoms with van der Waals surface area (Å²) in [6, 6.07) is 8.81. The first-order valence-corrected chi connectivity index (χ1v) is 8.98. The van der Waals surface area contributed by atoms with Crippen LogP contribution in [0.15, 0.2) is 43.0 Å². The van der Waals surface area contributed by atoms with E-state index in [1.54, 1.807) is 51.1 Å². The van der Waals surface area contributed by atoms with Gasteiger partial charge in [-0.1, -0.05) is 36.4 Å². The van der Waals surface area contributed by atoms with Gasteiger partial charge in [-0.05, 0) is 18.9 Å². The molecule has 0 unspecified atom stereocenters. The molecule has 1 aliphatic rings. The first-order chi connectivity index (χ1) is 13.3. The van der Waals surface area contributed by atoms with E-state index in [4.69, 9.17) is 14.2 Å². The molecule has 0 amide bonds. The van der Waals surface area contributed by atoms with Crippen LogP contribution in [-0.2, 0) is 15.9 Å². The van der Waals surface area contributed by atoms with Crippen molar-refractivity contribution in [3.8, 4) is 22.6 Å². The van der Waals surface area contributed by atoms with Crippen molar-refractivity contribution < 1.29 is 28.9 Å². The summed E-state index contributed by atoms with van der Waals surface area (Å²) in [6.07, 6.45) is 1.75. The van der Waals surface area contributed by atoms with E-state index in [-0.39, 0.29) is 46.8 Å². The normalized spacial score (nSPS) is 14.5. The molecule has 0 spiro atoms. The van der Waals surface area contributed by atoms with Crippen LogP contribution < -0.4 is 4.74 Å². The molecule has 1 N–H and O–H groups in total. The average Bonchev–Trinajstić information content (AvgIpc) is 2.63. The quantitative estimate of drug-likeness (QED) is 0.615. The molecule has 3 rings (SSSR count). The summed E-state index contributed by atoms with van der Waals surface area (Å²) < 4.78 is 16.5. The molecule has 2 aromatic carbocycles. The van der Waals surface area contributed by atoms with Crippen LogP contribution >= 0.6 is 0 Å². The maximum atomic E-state index is 12.9. The Labute approximate surface area is 163 Å². The largest absolute Gasteiger partial charge is 0.507 e. The van der Waals surface area contributed by atoms with Crippen molar-refractivity contribution in [1.82, 2.24) is 0 Å². The zero-order valence-electron chi connectivity index (χ0n) is 16.1. The molecule has 0 atom stereocenters. The van der Waals surface area contributed by atoms with Gasteiger partial charge in [0.15, 0.2) is 0 Å². The van der Waals surface area contributed by atoms with Crippen molar-refractivity contribution in [3.05, 3.63) is 59.7 Å². The highest BCUT2D eigenvalue weighted by Crippen LogP contribution is 2.47. The summed E-state index contributed by atoms with van der Waals surface area (Å²) in [5.41, 5.74) is 1.06. The van der Waals surface area contributed by atoms with Crippen molar-refractivity contribution >= 4 is 11.9 Å². The van der Waals surface area contributed by atoms with Crippen molar-refractivity contribution in [3.63, 3.8) is 0 Å². The minimum Gasteiger partial charge on any atom is -0.507 e. The third-order valence-electron chi connectivity index (χ3n) is 4.30. The van der Waals surface area contributed by atoms with Gasteiger partial charge in [0.2, 0.25) is 5.79 Å². The molecular formula is C22H22O6. The number of fused-ring (bicyclic) bond motifs is 1. The summed E-state index contributed by atoms with van der Waals surface area (Å²) >= 11 is 0. The van der Waals surface area contributed by atoms with E-state index in [1.165, 1.54) is 0 Å². The van der Waals surface area contributed by atoms with Crippen LogP contribution in [0.5, 0.6) is 11.5 Å². The zero-order valence-corrected chi connectivity index (χ0v) is 16.1. The molecular weight excluding hydrogens is 360 g/mol. The van der Waals surface area contributed by atoms with Crippen LogP contribution in [-0.4, -0.2) is 29.4 Å². The molecule has 0 aliphatic carbocycles. The van der Waals surface area contributed by atoms with Gasteiger partial charge in [-0.3, -0.25) is 0 Å². The fraction of sp³-hybridized carbons (Fsp3) is 0.273. The maximum absolute atomic E-state index is 12.9. The van der Waals surface area contributed by atoms with Gasteiger partial charge in [0.1, 0.15) is 22.6 Å². The first kappa shape index (κ1) is 19.5. The molecule has 28 heavy (non-hydrogen) atoms. The molecule has 0 radical (unpaired) electrons. The fourth-order valence-electron chi connectivity index (χ4n) is 3.24. The monoisotopic (exact) mass is 382 g/mol. The average molecular weight is 382 g/mol. The number of aromatic hydroxyl groups is 1. The Morgan fingerprint density at radius 1 is 1.21 bits per heavy atom. The third-order valence-corrected chi connectivity index (χ3v) is 4.30. The Morgan fingerprint density at radius 2 is 1.89 bits per heavy atom. The number of hydrogen-bond donors (Lipinski definition) is 1. The lowest BCUT2D eigenvalue weighted by atomic mass is 9.88. The Kier molecular flexibility index (Phi) is 5.14. The van der Waals surface area contributed by atoms with Crippen molar-refractivity contribution in [2.24, 2.45) is 0 Å². The van der Waals surface area contributed by atoms with E-state index < -0.39 is 17.7 Å². The van der Waals surface area contributed by atoms with Crippen LogP contribution in [0.25, 0.3) is 11.1 Å².